The maximum Gasteiger partial charge on any atom is 0.0106 e. The molecular weight excluding hydrogens is 544 g/mol. The summed E-state index contributed by atoms with van der Waals surface area (Å²) < 4.78 is 0. The van der Waals surface area contributed by atoms with Crippen molar-refractivity contribution in [1.82, 2.24) is 9.80 Å². The second-order valence-electron chi connectivity index (χ2n) is 14.2. The molecule has 0 radical (unpaired) electrons. The van der Waals surface area contributed by atoms with Crippen LogP contribution in [-0.2, 0) is 0 Å². The summed E-state index contributed by atoms with van der Waals surface area (Å²) in [5, 5.41) is 0. The van der Waals surface area contributed by atoms with Crippen LogP contribution in [0.1, 0.15) is 181 Å². The lowest BCUT2D eigenvalue weighted by molar-refractivity contribution is 0.228. The van der Waals surface area contributed by atoms with E-state index in [0.29, 0.717) is 0 Å². The molecule has 0 bridgehead atoms. The molecule has 0 heterocycles. The Balaban J connectivity index is 3.95. The number of likely N-dealkylation sites (N-methyl/N-ethyl adjacent to an activating group) is 2. The van der Waals surface area contributed by atoms with Gasteiger partial charge in [-0.1, -0.05) is 152 Å². The highest BCUT2D eigenvalue weighted by Gasteiger charge is 2.12. The first-order valence-corrected chi connectivity index (χ1v) is 20.0. The molecule has 0 aromatic heterocycles. The van der Waals surface area contributed by atoms with Gasteiger partial charge in [0.05, 0.1) is 0 Å². The third-order valence-corrected chi connectivity index (χ3v) is 9.12. The van der Waals surface area contributed by atoms with Crippen LogP contribution in [0.4, 0.5) is 0 Å². The van der Waals surface area contributed by atoms with Gasteiger partial charge in [0.1, 0.15) is 0 Å². The summed E-state index contributed by atoms with van der Waals surface area (Å²) in [7, 11) is 6.73. The van der Waals surface area contributed by atoms with E-state index in [1.165, 1.54) is 174 Å². The van der Waals surface area contributed by atoms with Gasteiger partial charge in [0.2, 0.25) is 0 Å². The van der Waals surface area contributed by atoms with Crippen LogP contribution in [0, 0.1) is 5.92 Å². The van der Waals surface area contributed by atoms with Gasteiger partial charge in [0, 0.05) is 19.6 Å². The van der Waals surface area contributed by atoms with Gasteiger partial charge in [-0.15, -0.1) is 0 Å². The Morgan fingerprint density at radius 2 is 0.756 bits per heavy atom. The highest BCUT2D eigenvalue weighted by atomic mass is 15.1. The summed E-state index contributed by atoms with van der Waals surface area (Å²) in [6.07, 6.45) is 54.1. The first-order chi connectivity index (χ1) is 22.1. The van der Waals surface area contributed by atoms with Crippen molar-refractivity contribution < 1.29 is 0 Å². The van der Waals surface area contributed by atoms with Crippen molar-refractivity contribution in [2.24, 2.45) is 5.92 Å². The quantitative estimate of drug-likeness (QED) is 0.0510. The maximum atomic E-state index is 2.59. The van der Waals surface area contributed by atoms with E-state index in [-0.39, 0.29) is 0 Å². The third kappa shape index (κ3) is 37.2. The molecule has 0 spiro atoms. The van der Waals surface area contributed by atoms with E-state index >= 15 is 0 Å². The second-order valence-corrected chi connectivity index (χ2v) is 14.2. The molecule has 2 heteroatoms. The largest absolute Gasteiger partial charge is 0.308 e. The predicted octanol–water partition coefficient (Wildman–Crippen LogP) is 13.5. The first-order valence-electron chi connectivity index (χ1n) is 20.0. The van der Waals surface area contributed by atoms with Crippen LogP contribution in [0.2, 0.25) is 0 Å². The summed E-state index contributed by atoms with van der Waals surface area (Å²) in [6, 6.07) is 0. The molecule has 0 amide bonds. The molecular formula is C43H82N2. The summed E-state index contributed by atoms with van der Waals surface area (Å²) in [4.78, 5) is 4.91. The van der Waals surface area contributed by atoms with Crippen molar-refractivity contribution in [2.45, 2.75) is 181 Å². The zero-order valence-corrected chi connectivity index (χ0v) is 31.6. The van der Waals surface area contributed by atoms with E-state index < -0.39 is 0 Å². The van der Waals surface area contributed by atoms with Gasteiger partial charge in [0.25, 0.3) is 0 Å². The van der Waals surface area contributed by atoms with Gasteiger partial charge in [-0.2, -0.15) is 0 Å². The van der Waals surface area contributed by atoms with Gasteiger partial charge in [-0.3, -0.25) is 0 Å². The fourth-order valence-electron chi connectivity index (χ4n) is 6.07. The average Bonchev–Trinajstić information content (AvgIpc) is 3.03. The third-order valence-electron chi connectivity index (χ3n) is 9.12. The van der Waals surface area contributed by atoms with E-state index in [1.54, 1.807) is 0 Å². The number of rotatable bonds is 35. The Morgan fingerprint density at radius 1 is 0.400 bits per heavy atom. The minimum atomic E-state index is 0.883. The summed E-state index contributed by atoms with van der Waals surface area (Å²) in [6.45, 7) is 8.19. The molecule has 0 unspecified atom stereocenters. The lowest BCUT2D eigenvalue weighted by Crippen LogP contribution is -2.32. The molecule has 264 valence electrons. The van der Waals surface area contributed by atoms with E-state index in [1.807, 2.05) is 0 Å². The molecule has 0 N–H and O–H groups in total. The monoisotopic (exact) mass is 627 g/mol. The molecule has 0 aliphatic rings. The first kappa shape index (κ1) is 43.9. The molecule has 0 rings (SSSR count). The van der Waals surface area contributed by atoms with Gasteiger partial charge in [0.15, 0.2) is 0 Å². The molecule has 0 aromatic rings. The SMILES string of the molecule is CCCCCC=CCC=CCCCCCCCCC(CCCCCCCCC=CCC=CCCCCC)CN(C)CCN(C)C. The van der Waals surface area contributed by atoms with Crippen molar-refractivity contribution in [3.63, 3.8) is 0 Å². The van der Waals surface area contributed by atoms with E-state index in [2.05, 4.69) is 93.4 Å². The predicted molar refractivity (Wildman–Crippen MR) is 207 cm³/mol. The summed E-state index contributed by atoms with van der Waals surface area (Å²) in [5.41, 5.74) is 0. The number of hydrogen-bond donors (Lipinski definition) is 0. The van der Waals surface area contributed by atoms with Crippen LogP contribution < -0.4 is 0 Å². The number of allylic oxidation sites excluding steroid dienone is 8. The van der Waals surface area contributed by atoms with Gasteiger partial charge >= 0.3 is 0 Å². The molecule has 0 aliphatic heterocycles. The van der Waals surface area contributed by atoms with Crippen LogP contribution in [-0.4, -0.2) is 50.6 Å². The van der Waals surface area contributed by atoms with Gasteiger partial charge in [-0.25, -0.2) is 0 Å². The summed E-state index contributed by atoms with van der Waals surface area (Å²) in [5.74, 6) is 0.883. The highest BCUT2D eigenvalue weighted by Crippen LogP contribution is 2.20. The van der Waals surface area contributed by atoms with Crippen molar-refractivity contribution in [3.05, 3.63) is 48.6 Å². The Morgan fingerprint density at radius 3 is 1.13 bits per heavy atom. The van der Waals surface area contributed by atoms with E-state index in [4.69, 9.17) is 0 Å². The van der Waals surface area contributed by atoms with E-state index in [9.17, 15) is 0 Å². The Bertz CT molecular complexity index is 625. The zero-order chi connectivity index (χ0) is 32.9. The van der Waals surface area contributed by atoms with Crippen molar-refractivity contribution in [1.29, 1.82) is 0 Å². The minimum Gasteiger partial charge on any atom is -0.308 e. The number of nitrogens with zero attached hydrogens (tertiary/aromatic N) is 2. The fraction of sp³-hybridized carbons (Fsp3) is 0.814. The molecule has 0 aromatic carbocycles. The standard InChI is InChI=1S/C43H82N2/c1-6-8-10-12-14-16-18-20-22-24-26-28-30-32-34-36-38-43(42-45(5)41-40-44(3)4)39-37-35-33-31-29-27-25-23-21-19-17-15-13-11-9-7-2/h14-17,20-23,43H,6-13,18-19,24-42H2,1-5H3. The average molecular weight is 627 g/mol. The van der Waals surface area contributed by atoms with Crippen LogP contribution in [0.15, 0.2) is 48.6 Å². The molecule has 0 fully saturated rings. The van der Waals surface area contributed by atoms with Crippen LogP contribution in [0.25, 0.3) is 0 Å². The lowest BCUT2D eigenvalue weighted by Gasteiger charge is -2.25. The van der Waals surface area contributed by atoms with Crippen molar-refractivity contribution in [3.8, 4) is 0 Å². The Kier molecular flexibility index (Phi) is 36.4. The number of unbranched alkanes of at least 4 members (excludes halogenated alkanes) is 18. The molecule has 0 saturated carbocycles. The van der Waals surface area contributed by atoms with Gasteiger partial charge in [-0.05, 0) is 104 Å². The topological polar surface area (TPSA) is 6.48 Å². The van der Waals surface area contributed by atoms with E-state index in [0.717, 1.165) is 18.8 Å². The molecule has 0 atom stereocenters. The smallest absolute Gasteiger partial charge is 0.0106 e. The van der Waals surface area contributed by atoms with Crippen molar-refractivity contribution >= 4 is 0 Å². The zero-order valence-electron chi connectivity index (χ0n) is 31.6. The van der Waals surface area contributed by atoms with Gasteiger partial charge < -0.3 is 9.80 Å². The normalized spacial score (nSPS) is 13.3. The molecule has 45 heavy (non-hydrogen) atoms. The Hall–Kier alpha value is -1.12. The van der Waals surface area contributed by atoms with Crippen LogP contribution in [0.5, 0.6) is 0 Å². The molecule has 0 saturated heterocycles. The summed E-state index contributed by atoms with van der Waals surface area (Å²) >= 11 is 0. The minimum absolute atomic E-state index is 0.883. The second kappa shape index (κ2) is 37.3. The van der Waals surface area contributed by atoms with Crippen molar-refractivity contribution in [2.75, 3.05) is 40.8 Å². The maximum absolute atomic E-state index is 2.59. The lowest BCUT2D eigenvalue weighted by atomic mass is 9.93. The molecule has 0 aliphatic carbocycles. The highest BCUT2D eigenvalue weighted by molar-refractivity contribution is 4.93. The van der Waals surface area contributed by atoms with Crippen LogP contribution in [0.3, 0.4) is 0 Å². The fourth-order valence-corrected chi connectivity index (χ4v) is 6.07. The van der Waals surface area contributed by atoms with Crippen LogP contribution >= 0.6 is 0 Å². The molecule has 2 nitrogen and oxygen atoms in total. The Labute approximate surface area is 285 Å². The number of hydrogen-bond acceptors (Lipinski definition) is 2.